The summed E-state index contributed by atoms with van der Waals surface area (Å²) in [6, 6.07) is 16.4. The number of guanidine groups is 1. The van der Waals surface area contributed by atoms with Gasteiger partial charge in [0.2, 0.25) is 17.8 Å². The van der Waals surface area contributed by atoms with Gasteiger partial charge in [0, 0.05) is 31.9 Å². The molecule has 1 unspecified atom stereocenters. The van der Waals surface area contributed by atoms with Gasteiger partial charge in [-0.25, -0.2) is 4.99 Å². The fraction of sp³-hybridized carbons (Fsp3) is 0.286. The van der Waals surface area contributed by atoms with Crippen LogP contribution in [-0.4, -0.2) is 54.9 Å². The highest BCUT2D eigenvalue weighted by molar-refractivity contribution is 6.33. The summed E-state index contributed by atoms with van der Waals surface area (Å²) in [6.45, 7) is 3.06. The number of para-hydroxylation sites is 2. The third kappa shape index (κ3) is 4.51. The van der Waals surface area contributed by atoms with Crippen LogP contribution in [-0.2, 0) is 9.59 Å². The van der Waals surface area contributed by atoms with Crippen molar-refractivity contribution in [3.05, 3.63) is 59.6 Å². The van der Waals surface area contributed by atoms with Crippen molar-refractivity contribution in [2.45, 2.75) is 12.5 Å². The lowest BCUT2D eigenvalue weighted by molar-refractivity contribution is -0.125. The lowest BCUT2D eigenvalue weighted by Gasteiger charge is -2.38. The van der Waals surface area contributed by atoms with Crippen LogP contribution in [0, 0.1) is 0 Å². The standard InChI is InChI=1S/C21H22ClN5O2/c22-16-8-4-5-9-17(16)23-20(29)18-14-19(28)25-21(24-18)27-12-10-26(11-13-27)15-6-2-1-3-7-15/h1-9,18H,10-14H2,(H,23,29)(H,24,25,28). The van der Waals surface area contributed by atoms with Gasteiger partial charge in [-0.15, -0.1) is 0 Å². The highest BCUT2D eigenvalue weighted by atomic mass is 35.5. The number of anilines is 2. The third-order valence-corrected chi connectivity index (χ3v) is 5.37. The van der Waals surface area contributed by atoms with E-state index in [2.05, 4.69) is 32.7 Å². The Morgan fingerprint density at radius 3 is 2.38 bits per heavy atom. The van der Waals surface area contributed by atoms with Crippen molar-refractivity contribution in [2.24, 2.45) is 4.99 Å². The summed E-state index contributed by atoms with van der Waals surface area (Å²) in [5, 5.41) is 6.03. The maximum Gasteiger partial charge on any atom is 0.249 e. The Morgan fingerprint density at radius 1 is 1.00 bits per heavy atom. The lowest BCUT2D eigenvalue weighted by atomic mass is 10.1. The van der Waals surface area contributed by atoms with Crippen LogP contribution in [0.5, 0.6) is 0 Å². The smallest absolute Gasteiger partial charge is 0.249 e. The second-order valence-corrected chi connectivity index (χ2v) is 7.41. The predicted octanol–water partition coefficient (Wildman–Crippen LogP) is 2.35. The van der Waals surface area contributed by atoms with E-state index in [1.54, 1.807) is 24.3 Å². The van der Waals surface area contributed by atoms with Crippen LogP contribution in [0.1, 0.15) is 6.42 Å². The van der Waals surface area contributed by atoms with E-state index in [9.17, 15) is 9.59 Å². The molecule has 0 aromatic heterocycles. The molecule has 0 spiro atoms. The van der Waals surface area contributed by atoms with Gasteiger partial charge >= 0.3 is 0 Å². The summed E-state index contributed by atoms with van der Waals surface area (Å²) >= 11 is 6.11. The molecule has 0 aliphatic carbocycles. The number of hydrogen-bond acceptors (Lipinski definition) is 5. The van der Waals surface area contributed by atoms with Crippen molar-refractivity contribution in [3.8, 4) is 0 Å². The molecule has 1 atom stereocenters. The first-order valence-electron chi connectivity index (χ1n) is 9.58. The van der Waals surface area contributed by atoms with Gasteiger partial charge in [0.15, 0.2) is 0 Å². The van der Waals surface area contributed by atoms with Gasteiger partial charge < -0.3 is 15.1 Å². The number of hydrogen-bond donors (Lipinski definition) is 2. The minimum Gasteiger partial charge on any atom is -0.368 e. The Labute approximate surface area is 174 Å². The van der Waals surface area contributed by atoms with Crippen LogP contribution in [0.15, 0.2) is 59.6 Å². The first kappa shape index (κ1) is 19.3. The summed E-state index contributed by atoms with van der Waals surface area (Å²) in [5.74, 6) is -0.0820. The molecule has 2 aliphatic rings. The van der Waals surface area contributed by atoms with E-state index >= 15 is 0 Å². The number of carbonyl (C=O) groups excluding carboxylic acids is 2. The van der Waals surface area contributed by atoms with Crippen LogP contribution >= 0.6 is 11.6 Å². The average Bonchev–Trinajstić information content (AvgIpc) is 2.75. The number of rotatable bonds is 3. The van der Waals surface area contributed by atoms with Crippen LogP contribution in [0.3, 0.4) is 0 Å². The quantitative estimate of drug-likeness (QED) is 0.812. The molecule has 0 bridgehead atoms. The van der Waals surface area contributed by atoms with Crippen LogP contribution in [0.25, 0.3) is 0 Å². The zero-order valence-electron chi connectivity index (χ0n) is 15.8. The number of halogens is 1. The first-order chi connectivity index (χ1) is 14.1. The van der Waals surface area contributed by atoms with Crippen LogP contribution in [0.2, 0.25) is 5.02 Å². The Morgan fingerprint density at radius 2 is 1.66 bits per heavy atom. The van der Waals surface area contributed by atoms with Gasteiger partial charge in [0.25, 0.3) is 0 Å². The van der Waals surface area contributed by atoms with E-state index in [0.29, 0.717) is 29.8 Å². The number of piperazine rings is 1. The molecular formula is C21H22ClN5O2. The van der Waals surface area contributed by atoms with Gasteiger partial charge in [-0.05, 0) is 24.3 Å². The summed E-state index contributed by atoms with van der Waals surface area (Å²) in [5.41, 5.74) is 1.69. The highest BCUT2D eigenvalue weighted by Crippen LogP contribution is 2.22. The number of aliphatic imine (C=N–C) groups is 1. The molecule has 2 aromatic rings. The lowest BCUT2D eigenvalue weighted by Crippen LogP contribution is -2.56. The molecule has 7 nitrogen and oxygen atoms in total. The Kier molecular flexibility index (Phi) is 5.67. The van der Waals surface area contributed by atoms with Crippen molar-refractivity contribution < 1.29 is 9.59 Å². The maximum atomic E-state index is 12.6. The fourth-order valence-electron chi connectivity index (χ4n) is 3.48. The molecular weight excluding hydrogens is 390 g/mol. The molecule has 2 aromatic carbocycles. The van der Waals surface area contributed by atoms with E-state index in [4.69, 9.17) is 11.6 Å². The SMILES string of the molecule is O=C1CC(C(=O)Nc2ccccc2Cl)N=C(N2CCN(c3ccccc3)CC2)N1. The van der Waals surface area contributed by atoms with Crippen molar-refractivity contribution in [3.63, 3.8) is 0 Å². The Balaban J connectivity index is 1.42. The molecule has 2 heterocycles. The van der Waals surface area contributed by atoms with E-state index in [1.807, 2.05) is 23.1 Å². The zero-order chi connectivity index (χ0) is 20.2. The molecule has 2 amide bonds. The largest absolute Gasteiger partial charge is 0.368 e. The minimum atomic E-state index is -0.776. The number of nitrogens with one attached hydrogen (secondary N) is 2. The molecule has 1 fully saturated rings. The minimum absolute atomic E-state index is 0.0176. The molecule has 150 valence electrons. The van der Waals surface area contributed by atoms with Gasteiger partial charge in [-0.3, -0.25) is 14.9 Å². The van der Waals surface area contributed by atoms with E-state index in [0.717, 1.165) is 13.1 Å². The maximum absolute atomic E-state index is 12.6. The first-order valence-corrected chi connectivity index (χ1v) is 9.96. The summed E-state index contributed by atoms with van der Waals surface area (Å²) in [6.07, 6.45) is 0.0176. The number of benzene rings is 2. The van der Waals surface area contributed by atoms with Gasteiger partial charge in [0.05, 0.1) is 17.1 Å². The number of amides is 2. The van der Waals surface area contributed by atoms with Gasteiger partial charge in [-0.1, -0.05) is 41.9 Å². The van der Waals surface area contributed by atoms with E-state index in [-0.39, 0.29) is 18.2 Å². The van der Waals surface area contributed by atoms with Gasteiger partial charge in [0.1, 0.15) is 6.04 Å². The number of carbonyl (C=O) groups is 2. The molecule has 2 aliphatic heterocycles. The van der Waals surface area contributed by atoms with Crippen molar-refractivity contribution in [1.82, 2.24) is 10.2 Å². The van der Waals surface area contributed by atoms with E-state index in [1.165, 1.54) is 5.69 Å². The molecule has 2 N–H and O–H groups in total. The van der Waals surface area contributed by atoms with E-state index < -0.39 is 6.04 Å². The van der Waals surface area contributed by atoms with Crippen molar-refractivity contribution in [2.75, 3.05) is 36.4 Å². The van der Waals surface area contributed by atoms with Crippen molar-refractivity contribution in [1.29, 1.82) is 0 Å². The number of nitrogens with zero attached hydrogens (tertiary/aromatic N) is 3. The second-order valence-electron chi connectivity index (χ2n) is 7.00. The van der Waals surface area contributed by atoms with Crippen LogP contribution in [0.4, 0.5) is 11.4 Å². The fourth-order valence-corrected chi connectivity index (χ4v) is 3.67. The molecule has 0 radical (unpaired) electrons. The predicted molar refractivity (Wildman–Crippen MR) is 114 cm³/mol. The summed E-state index contributed by atoms with van der Waals surface area (Å²) in [7, 11) is 0. The second kappa shape index (κ2) is 8.53. The van der Waals surface area contributed by atoms with Crippen LogP contribution < -0.4 is 15.5 Å². The summed E-state index contributed by atoms with van der Waals surface area (Å²) in [4.78, 5) is 33.7. The van der Waals surface area contributed by atoms with Crippen molar-refractivity contribution >= 4 is 40.7 Å². The third-order valence-electron chi connectivity index (χ3n) is 5.04. The highest BCUT2D eigenvalue weighted by Gasteiger charge is 2.30. The molecule has 0 saturated carbocycles. The molecule has 4 rings (SSSR count). The molecule has 1 saturated heterocycles. The average molecular weight is 412 g/mol. The molecule has 29 heavy (non-hydrogen) atoms. The Bertz CT molecular complexity index is 926. The summed E-state index contributed by atoms with van der Waals surface area (Å²) < 4.78 is 0. The normalized spacial score (nSPS) is 19.4. The zero-order valence-corrected chi connectivity index (χ0v) is 16.6. The van der Waals surface area contributed by atoms with Gasteiger partial charge in [-0.2, -0.15) is 0 Å². The Hall–Kier alpha value is -3.06. The monoisotopic (exact) mass is 411 g/mol. The topological polar surface area (TPSA) is 77.0 Å². The molecule has 8 heteroatoms.